The average molecular weight is 396 g/mol. The summed E-state index contributed by atoms with van der Waals surface area (Å²) >= 11 is 6.16. The summed E-state index contributed by atoms with van der Waals surface area (Å²) in [6.45, 7) is 2.13. The minimum atomic E-state index is -0.399. The Morgan fingerprint density at radius 1 is 1.18 bits per heavy atom. The van der Waals surface area contributed by atoms with Gasteiger partial charge < -0.3 is 16.4 Å². The fourth-order valence-electron chi connectivity index (χ4n) is 2.80. The molecule has 142 valence electrons. The number of nitrogens with zero attached hydrogens (tertiary/aromatic N) is 3. The van der Waals surface area contributed by atoms with E-state index in [-0.39, 0.29) is 11.9 Å². The first-order chi connectivity index (χ1) is 13.5. The van der Waals surface area contributed by atoms with E-state index in [4.69, 9.17) is 17.3 Å². The molecule has 0 unspecified atom stereocenters. The van der Waals surface area contributed by atoms with Crippen LogP contribution in [0, 0.1) is 0 Å². The Balaban J connectivity index is 1.78. The topological polar surface area (TPSA) is 122 Å². The van der Waals surface area contributed by atoms with Gasteiger partial charge in [0, 0.05) is 28.4 Å². The van der Waals surface area contributed by atoms with Crippen molar-refractivity contribution in [2.75, 3.05) is 11.9 Å². The van der Waals surface area contributed by atoms with E-state index in [1.54, 1.807) is 25.1 Å². The number of aromatic nitrogens is 4. The number of halogens is 1. The Morgan fingerprint density at radius 3 is 2.82 bits per heavy atom. The van der Waals surface area contributed by atoms with Crippen LogP contribution in [-0.4, -0.2) is 38.7 Å². The van der Waals surface area contributed by atoms with Gasteiger partial charge >= 0.3 is 0 Å². The van der Waals surface area contributed by atoms with Crippen LogP contribution in [-0.2, 0) is 0 Å². The van der Waals surface area contributed by atoms with Gasteiger partial charge in [0.25, 0.3) is 5.91 Å². The second-order valence-corrected chi connectivity index (χ2v) is 6.92. The van der Waals surface area contributed by atoms with Crippen LogP contribution in [0.5, 0.6) is 0 Å². The van der Waals surface area contributed by atoms with Crippen LogP contribution >= 0.6 is 11.6 Å². The number of aromatic amines is 1. The molecule has 0 aliphatic carbocycles. The number of para-hydroxylation sites is 1. The van der Waals surface area contributed by atoms with Crippen molar-refractivity contribution in [3.05, 3.63) is 53.3 Å². The summed E-state index contributed by atoms with van der Waals surface area (Å²) < 4.78 is 0. The van der Waals surface area contributed by atoms with Gasteiger partial charge in [0.05, 0.1) is 11.0 Å². The molecule has 0 saturated heterocycles. The zero-order valence-corrected chi connectivity index (χ0v) is 15.8. The molecule has 0 aliphatic heterocycles. The van der Waals surface area contributed by atoms with Crippen molar-refractivity contribution in [3.8, 4) is 0 Å². The van der Waals surface area contributed by atoms with Gasteiger partial charge in [-0.05, 0) is 37.3 Å². The largest absolute Gasteiger partial charge is 0.348 e. The van der Waals surface area contributed by atoms with E-state index in [0.717, 1.165) is 10.9 Å². The minimum absolute atomic E-state index is 0.0396. The van der Waals surface area contributed by atoms with E-state index < -0.39 is 5.91 Å². The van der Waals surface area contributed by atoms with Crippen molar-refractivity contribution in [2.24, 2.45) is 5.73 Å². The van der Waals surface area contributed by atoms with Crippen LogP contribution in [0.2, 0.25) is 5.02 Å². The average Bonchev–Trinajstić information content (AvgIpc) is 3.09. The molecule has 2 aromatic heterocycles. The van der Waals surface area contributed by atoms with Gasteiger partial charge in [-0.25, -0.2) is 9.97 Å². The predicted molar refractivity (Wildman–Crippen MR) is 110 cm³/mol. The third-order valence-electron chi connectivity index (χ3n) is 4.15. The molecule has 5 N–H and O–H groups in total. The van der Waals surface area contributed by atoms with Gasteiger partial charge in [-0.1, -0.05) is 23.7 Å². The van der Waals surface area contributed by atoms with Crippen molar-refractivity contribution in [1.29, 1.82) is 0 Å². The Morgan fingerprint density at radius 2 is 2.00 bits per heavy atom. The molecule has 1 amide bonds. The number of carbonyl (C=O) groups excluding carboxylic acids is 1. The van der Waals surface area contributed by atoms with Crippen molar-refractivity contribution >= 4 is 50.9 Å². The molecule has 28 heavy (non-hydrogen) atoms. The first kappa shape index (κ1) is 18.1. The molecule has 2 heterocycles. The highest BCUT2D eigenvalue weighted by atomic mass is 35.5. The lowest BCUT2D eigenvalue weighted by Gasteiger charge is -2.11. The summed E-state index contributed by atoms with van der Waals surface area (Å²) in [4.78, 5) is 21.2. The number of hydrogen-bond acceptors (Lipinski definition) is 6. The highest BCUT2D eigenvalue weighted by molar-refractivity contribution is 6.31. The Labute approximate surface area is 165 Å². The number of hydrogen-bond donors (Lipinski definition) is 4. The number of nitrogens with two attached hydrogens (primary N) is 1. The Hall–Kier alpha value is -3.23. The SMILES string of the molecule is C[C@@H](N)CNC(=O)c1nc(Nc2n[nH]c3ccccc23)c2cc(Cl)ccc2n1. The molecule has 0 aliphatic rings. The van der Waals surface area contributed by atoms with Crippen LogP contribution in [0.15, 0.2) is 42.5 Å². The number of H-pyrrole nitrogens is 1. The summed E-state index contributed by atoms with van der Waals surface area (Å²) in [5.41, 5.74) is 7.18. The molecule has 0 spiro atoms. The highest BCUT2D eigenvalue weighted by Gasteiger charge is 2.16. The van der Waals surface area contributed by atoms with Crippen LogP contribution in [0.1, 0.15) is 17.5 Å². The number of fused-ring (bicyclic) bond motifs is 2. The van der Waals surface area contributed by atoms with E-state index in [9.17, 15) is 4.79 Å². The third-order valence-corrected chi connectivity index (χ3v) is 4.39. The normalized spacial score (nSPS) is 12.2. The maximum atomic E-state index is 12.5. The third kappa shape index (κ3) is 3.60. The van der Waals surface area contributed by atoms with Crippen molar-refractivity contribution < 1.29 is 4.79 Å². The predicted octanol–water partition coefficient (Wildman–Crippen LogP) is 2.98. The fourth-order valence-corrected chi connectivity index (χ4v) is 2.97. The molecule has 0 saturated carbocycles. The lowest BCUT2D eigenvalue weighted by Crippen LogP contribution is -2.36. The van der Waals surface area contributed by atoms with Gasteiger partial charge in [-0.15, -0.1) is 0 Å². The smallest absolute Gasteiger partial charge is 0.289 e. The van der Waals surface area contributed by atoms with Gasteiger partial charge in [0.2, 0.25) is 5.82 Å². The molecule has 4 aromatic rings. The number of carbonyl (C=O) groups is 1. The molecule has 2 aromatic carbocycles. The van der Waals surface area contributed by atoms with Gasteiger partial charge in [-0.2, -0.15) is 5.10 Å². The molecule has 4 rings (SSSR count). The molecule has 1 atom stereocenters. The first-order valence-corrected chi connectivity index (χ1v) is 9.10. The van der Waals surface area contributed by atoms with Crippen molar-refractivity contribution in [1.82, 2.24) is 25.5 Å². The van der Waals surface area contributed by atoms with E-state index in [1.807, 2.05) is 24.3 Å². The fraction of sp³-hybridized carbons (Fsp3) is 0.158. The highest BCUT2D eigenvalue weighted by Crippen LogP contribution is 2.29. The zero-order chi connectivity index (χ0) is 19.7. The van der Waals surface area contributed by atoms with E-state index in [1.165, 1.54) is 0 Å². The van der Waals surface area contributed by atoms with E-state index in [2.05, 4.69) is 30.8 Å². The number of amides is 1. The van der Waals surface area contributed by atoms with Gasteiger partial charge in [-0.3, -0.25) is 9.89 Å². The lowest BCUT2D eigenvalue weighted by atomic mass is 10.2. The summed E-state index contributed by atoms with van der Waals surface area (Å²) in [6, 6.07) is 12.7. The summed E-state index contributed by atoms with van der Waals surface area (Å²) in [6.07, 6.45) is 0. The molecular weight excluding hydrogens is 378 g/mol. The second kappa shape index (κ2) is 7.41. The number of nitrogens with one attached hydrogen (secondary N) is 3. The number of rotatable bonds is 5. The lowest BCUT2D eigenvalue weighted by molar-refractivity contribution is 0.0942. The standard InChI is InChI=1S/C19H18ClN7O/c1-10(21)9-22-19(28)18-23-14-7-6-11(20)8-13(14)16(25-18)24-17-12-4-2-3-5-15(12)26-27-17/h2-8,10H,9,21H2,1H3,(H,22,28)(H2,23,24,25,26,27)/t10-/m1/s1. The molecule has 9 heteroatoms. The van der Waals surface area contributed by atoms with E-state index in [0.29, 0.717) is 34.1 Å². The summed E-state index contributed by atoms with van der Waals surface area (Å²) in [7, 11) is 0. The maximum absolute atomic E-state index is 12.5. The molecule has 0 bridgehead atoms. The summed E-state index contributed by atoms with van der Waals surface area (Å²) in [5.74, 6) is 0.676. The van der Waals surface area contributed by atoms with Crippen LogP contribution < -0.4 is 16.4 Å². The monoisotopic (exact) mass is 395 g/mol. The molecule has 0 radical (unpaired) electrons. The van der Waals surface area contributed by atoms with Crippen molar-refractivity contribution in [2.45, 2.75) is 13.0 Å². The molecular formula is C19H18ClN7O. The quantitative estimate of drug-likeness (QED) is 0.412. The Kier molecular flexibility index (Phi) is 4.81. The number of benzene rings is 2. The van der Waals surface area contributed by atoms with Gasteiger partial charge in [0.15, 0.2) is 5.82 Å². The second-order valence-electron chi connectivity index (χ2n) is 6.49. The van der Waals surface area contributed by atoms with Crippen LogP contribution in [0.4, 0.5) is 11.6 Å². The maximum Gasteiger partial charge on any atom is 0.289 e. The van der Waals surface area contributed by atoms with Crippen LogP contribution in [0.25, 0.3) is 21.8 Å². The molecule has 8 nitrogen and oxygen atoms in total. The zero-order valence-electron chi connectivity index (χ0n) is 15.0. The first-order valence-electron chi connectivity index (χ1n) is 8.72. The van der Waals surface area contributed by atoms with Gasteiger partial charge in [0.1, 0.15) is 5.82 Å². The summed E-state index contributed by atoms with van der Waals surface area (Å²) in [5, 5.41) is 15.3. The van der Waals surface area contributed by atoms with Crippen molar-refractivity contribution in [3.63, 3.8) is 0 Å². The number of anilines is 2. The molecule has 0 fully saturated rings. The van der Waals surface area contributed by atoms with Crippen LogP contribution in [0.3, 0.4) is 0 Å². The minimum Gasteiger partial charge on any atom is -0.348 e. The van der Waals surface area contributed by atoms with E-state index >= 15 is 0 Å². The Bertz CT molecular complexity index is 1170.